The zero-order chi connectivity index (χ0) is 19.8. The highest BCUT2D eigenvalue weighted by Gasteiger charge is 2.32. The summed E-state index contributed by atoms with van der Waals surface area (Å²) < 4.78 is 0. The van der Waals surface area contributed by atoms with Gasteiger partial charge in [0, 0.05) is 48.6 Å². The average Bonchev–Trinajstić information content (AvgIpc) is 3.49. The quantitative estimate of drug-likeness (QED) is 0.838. The molecular formula is C22H28N4O2S. The number of hydrogen-bond acceptors (Lipinski definition) is 5. The number of aromatic amines is 1. The molecule has 2 fully saturated rings. The van der Waals surface area contributed by atoms with Crippen molar-refractivity contribution in [2.45, 2.75) is 63.5 Å². The number of nitrogens with one attached hydrogen (secondary N) is 1. The van der Waals surface area contributed by atoms with Crippen molar-refractivity contribution >= 4 is 17.2 Å². The molecular weight excluding hydrogens is 384 g/mol. The highest BCUT2D eigenvalue weighted by atomic mass is 32.1. The van der Waals surface area contributed by atoms with Gasteiger partial charge in [0.25, 0.3) is 5.56 Å². The average molecular weight is 413 g/mol. The number of H-pyrrole nitrogens is 1. The van der Waals surface area contributed by atoms with Gasteiger partial charge in [0.1, 0.15) is 5.82 Å². The van der Waals surface area contributed by atoms with Crippen LogP contribution in [0, 0.1) is 0 Å². The number of carbonyl (C=O) groups is 1. The van der Waals surface area contributed by atoms with E-state index in [-0.39, 0.29) is 17.4 Å². The monoisotopic (exact) mass is 412 g/mol. The van der Waals surface area contributed by atoms with Gasteiger partial charge in [-0.25, -0.2) is 4.98 Å². The molecule has 6 nitrogen and oxygen atoms in total. The van der Waals surface area contributed by atoms with Gasteiger partial charge in [-0.1, -0.05) is 18.9 Å². The van der Waals surface area contributed by atoms with Crippen molar-refractivity contribution in [2.75, 3.05) is 19.6 Å². The second kappa shape index (κ2) is 8.03. The maximum Gasteiger partial charge on any atom is 0.254 e. The molecule has 0 aromatic carbocycles. The van der Waals surface area contributed by atoms with Gasteiger partial charge >= 0.3 is 0 Å². The molecule has 3 aliphatic rings. The number of hydrogen-bond donors (Lipinski definition) is 1. The molecule has 2 aromatic rings. The van der Waals surface area contributed by atoms with Crippen molar-refractivity contribution in [3.05, 3.63) is 49.8 Å². The summed E-state index contributed by atoms with van der Waals surface area (Å²) in [5, 5.41) is 2.01. The van der Waals surface area contributed by atoms with E-state index in [1.54, 1.807) is 11.3 Å². The van der Waals surface area contributed by atoms with Gasteiger partial charge in [-0.15, -0.1) is 11.3 Å². The minimum Gasteiger partial charge on any atom is -0.342 e. The second-order valence-corrected chi connectivity index (χ2v) is 9.65. The first-order valence-corrected chi connectivity index (χ1v) is 11.7. The highest BCUT2D eigenvalue weighted by Crippen LogP contribution is 2.29. The molecule has 2 aromatic heterocycles. The van der Waals surface area contributed by atoms with Crippen LogP contribution in [-0.2, 0) is 24.2 Å². The van der Waals surface area contributed by atoms with Gasteiger partial charge in [0.15, 0.2) is 0 Å². The third-order valence-corrected chi connectivity index (χ3v) is 7.67. The Balaban J connectivity index is 1.29. The molecule has 0 bridgehead atoms. The molecule has 7 heteroatoms. The molecule has 4 heterocycles. The van der Waals surface area contributed by atoms with Crippen LogP contribution in [0.3, 0.4) is 0 Å². The van der Waals surface area contributed by atoms with Crippen LogP contribution in [-0.4, -0.2) is 51.4 Å². The van der Waals surface area contributed by atoms with Gasteiger partial charge in [0.05, 0.1) is 12.1 Å². The van der Waals surface area contributed by atoms with Crippen molar-refractivity contribution in [1.82, 2.24) is 19.8 Å². The standard InChI is InChI=1S/C22H28N4O2S/c27-20(12-17-6-3-11-29-17)26-9-7-15(13-26)21-23-19-14-25(16-4-1-2-5-16)10-8-18(19)22(28)24-21/h3,6,11,15-16H,1-2,4-5,7-10,12-14H2,(H,23,24,28)/t15-/m1/s1. The number of aromatic nitrogens is 2. The Bertz CT molecular complexity index is 933. The summed E-state index contributed by atoms with van der Waals surface area (Å²) >= 11 is 1.62. The van der Waals surface area contributed by atoms with Crippen molar-refractivity contribution in [2.24, 2.45) is 0 Å². The Labute approximate surface area is 175 Å². The Morgan fingerprint density at radius 2 is 2.10 bits per heavy atom. The van der Waals surface area contributed by atoms with Crippen LogP contribution in [0.5, 0.6) is 0 Å². The fourth-order valence-electron chi connectivity index (χ4n) is 5.14. The summed E-state index contributed by atoms with van der Waals surface area (Å²) in [6.45, 7) is 3.16. The summed E-state index contributed by atoms with van der Waals surface area (Å²) in [4.78, 5) is 38.8. The van der Waals surface area contributed by atoms with Crippen molar-refractivity contribution in [1.29, 1.82) is 0 Å². The van der Waals surface area contributed by atoms with E-state index in [9.17, 15) is 9.59 Å². The number of rotatable bonds is 4. The first-order valence-electron chi connectivity index (χ1n) is 10.8. The van der Waals surface area contributed by atoms with Crippen LogP contribution in [0.15, 0.2) is 22.3 Å². The van der Waals surface area contributed by atoms with E-state index in [1.165, 1.54) is 25.7 Å². The molecule has 29 heavy (non-hydrogen) atoms. The number of nitrogens with zero attached hydrogens (tertiary/aromatic N) is 3. The third kappa shape index (κ3) is 3.90. The molecule has 0 unspecified atom stereocenters. The topological polar surface area (TPSA) is 69.3 Å². The van der Waals surface area contributed by atoms with Crippen LogP contribution in [0.25, 0.3) is 0 Å². The molecule has 0 spiro atoms. The first-order chi connectivity index (χ1) is 14.2. The summed E-state index contributed by atoms with van der Waals surface area (Å²) in [5.74, 6) is 1.07. The SMILES string of the molecule is O=C(Cc1cccs1)N1CC[C@@H](c2nc3c(c(=O)[nH]2)CCN(C2CCCC2)C3)C1. The van der Waals surface area contributed by atoms with Gasteiger partial charge in [-0.05, 0) is 37.1 Å². The lowest BCUT2D eigenvalue weighted by atomic mass is 10.0. The molecule has 5 rings (SSSR count). The molecule has 1 N–H and O–H groups in total. The predicted molar refractivity (Wildman–Crippen MR) is 113 cm³/mol. The molecule has 2 aliphatic heterocycles. The van der Waals surface area contributed by atoms with E-state index in [0.717, 1.165) is 54.4 Å². The maximum atomic E-state index is 12.7. The lowest BCUT2D eigenvalue weighted by molar-refractivity contribution is -0.129. The van der Waals surface area contributed by atoms with Gasteiger partial charge in [-0.3, -0.25) is 14.5 Å². The fourth-order valence-corrected chi connectivity index (χ4v) is 5.83. The van der Waals surface area contributed by atoms with E-state index in [2.05, 4.69) is 9.88 Å². The summed E-state index contributed by atoms with van der Waals surface area (Å²) in [7, 11) is 0. The Kier molecular flexibility index (Phi) is 5.26. The van der Waals surface area contributed by atoms with Crippen LogP contribution < -0.4 is 5.56 Å². The predicted octanol–water partition coefficient (Wildman–Crippen LogP) is 2.69. The van der Waals surface area contributed by atoms with Crippen LogP contribution in [0.2, 0.25) is 0 Å². The summed E-state index contributed by atoms with van der Waals surface area (Å²) in [6, 6.07) is 4.65. The van der Waals surface area contributed by atoms with Crippen molar-refractivity contribution in [3.63, 3.8) is 0 Å². The molecule has 1 saturated heterocycles. The van der Waals surface area contributed by atoms with Gasteiger partial charge in [0.2, 0.25) is 5.91 Å². The molecule has 1 aliphatic carbocycles. The van der Waals surface area contributed by atoms with Gasteiger partial charge < -0.3 is 9.88 Å². The third-order valence-electron chi connectivity index (χ3n) is 6.80. The number of likely N-dealkylation sites (tertiary alicyclic amines) is 1. The van der Waals surface area contributed by atoms with Crippen LogP contribution >= 0.6 is 11.3 Å². The van der Waals surface area contributed by atoms with Crippen LogP contribution in [0.1, 0.15) is 60.0 Å². The van der Waals surface area contributed by atoms with E-state index >= 15 is 0 Å². The Hall–Kier alpha value is -1.99. The smallest absolute Gasteiger partial charge is 0.254 e. The van der Waals surface area contributed by atoms with E-state index in [1.807, 2.05) is 22.4 Å². The van der Waals surface area contributed by atoms with E-state index in [4.69, 9.17) is 4.98 Å². The molecule has 1 atom stereocenters. The lowest BCUT2D eigenvalue weighted by Crippen LogP contribution is -2.41. The first kappa shape index (κ1) is 19.0. The summed E-state index contributed by atoms with van der Waals surface area (Å²) in [5.41, 5.74) is 1.86. The number of amides is 1. The Morgan fingerprint density at radius 1 is 1.24 bits per heavy atom. The second-order valence-electron chi connectivity index (χ2n) is 8.62. The zero-order valence-electron chi connectivity index (χ0n) is 16.7. The van der Waals surface area contributed by atoms with Crippen molar-refractivity contribution < 1.29 is 4.79 Å². The largest absolute Gasteiger partial charge is 0.342 e. The number of thiophene rings is 1. The molecule has 154 valence electrons. The van der Waals surface area contributed by atoms with Gasteiger partial charge in [-0.2, -0.15) is 0 Å². The van der Waals surface area contributed by atoms with Crippen molar-refractivity contribution in [3.8, 4) is 0 Å². The molecule has 1 saturated carbocycles. The van der Waals surface area contributed by atoms with E-state index in [0.29, 0.717) is 19.0 Å². The normalized spacial score (nSPS) is 22.9. The zero-order valence-corrected chi connectivity index (χ0v) is 17.5. The maximum absolute atomic E-state index is 12.7. The molecule has 0 radical (unpaired) electrons. The minimum absolute atomic E-state index is 0.0273. The molecule has 1 amide bonds. The number of fused-ring (bicyclic) bond motifs is 1. The Morgan fingerprint density at radius 3 is 2.90 bits per heavy atom. The minimum atomic E-state index is 0.0273. The van der Waals surface area contributed by atoms with Crippen LogP contribution in [0.4, 0.5) is 0 Å². The highest BCUT2D eigenvalue weighted by molar-refractivity contribution is 7.10. The van der Waals surface area contributed by atoms with E-state index < -0.39 is 0 Å². The summed E-state index contributed by atoms with van der Waals surface area (Å²) in [6.07, 6.45) is 7.31. The lowest BCUT2D eigenvalue weighted by Gasteiger charge is -2.32. The fraction of sp³-hybridized carbons (Fsp3) is 0.591. The number of carbonyl (C=O) groups excluding carboxylic acids is 1.